The SMILES string of the molecule is Cc1ccsc1CNC(=O)N1CC=C(c2ccc(F)cc2)CC1. The Morgan fingerprint density at radius 3 is 2.70 bits per heavy atom. The molecule has 3 nitrogen and oxygen atoms in total. The summed E-state index contributed by atoms with van der Waals surface area (Å²) in [6.07, 6.45) is 2.84. The van der Waals surface area contributed by atoms with Crippen molar-refractivity contribution in [3.8, 4) is 0 Å². The molecule has 1 N–H and O–H groups in total. The molecule has 1 aromatic carbocycles. The highest BCUT2D eigenvalue weighted by Crippen LogP contribution is 2.22. The first-order valence-electron chi connectivity index (χ1n) is 7.64. The molecule has 23 heavy (non-hydrogen) atoms. The minimum atomic E-state index is -0.227. The van der Waals surface area contributed by atoms with Crippen molar-refractivity contribution in [2.24, 2.45) is 0 Å². The summed E-state index contributed by atoms with van der Waals surface area (Å²) >= 11 is 1.66. The number of hydrogen-bond donors (Lipinski definition) is 1. The van der Waals surface area contributed by atoms with E-state index in [4.69, 9.17) is 0 Å². The van der Waals surface area contributed by atoms with E-state index in [-0.39, 0.29) is 11.8 Å². The molecule has 0 atom stereocenters. The fraction of sp³-hybridized carbons (Fsp3) is 0.278. The van der Waals surface area contributed by atoms with Gasteiger partial charge in [0.2, 0.25) is 0 Å². The van der Waals surface area contributed by atoms with Crippen LogP contribution < -0.4 is 5.32 Å². The number of benzene rings is 1. The minimum absolute atomic E-state index is 0.0350. The number of thiophene rings is 1. The highest BCUT2D eigenvalue weighted by Gasteiger charge is 2.18. The number of nitrogens with zero attached hydrogens (tertiary/aromatic N) is 1. The summed E-state index contributed by atoms with van der Waals surface area (Å²) in [5.74, 6) is -0.227. The Hall–Kier alpha value is -2.14. The number of carbonyl (C=O) groups is 1. The number of aryl methyl sites for hydroxylation is 1. The van der Waals surface area contributed by atoms with Gasteiger partial charge in [0.1, 0.15) is 5.82 Å². The van der Waals surface area contributed by atoms with Crippen LogP contribution in [0, 0.1) is 12.7 Å². The van der Waals surface area contributed by atoms with Crippen molar-refractivity contribution in [2.45, 2.75) is 19.9 Å². The van der Waals surface area contributed by atoms with E-state index in [0.29, 0.717) is 19.6 Å². The zero-order chi connectivity index (χ0) is 16.2. The first-order chi connectivity index (χ1) is 11.1. The number of hydrogen-bond acceptors (Lipinski definition) is 2. The van der Waals surface area contributed by atoms with Gasteiger partial charge in [-0.3, -0.25) is 0 Å². The molecule has 2 aromatic rings. The van der Waals surface area contributed by atoms with Crippen molar-refractivity contribution in [1.82, 2.24) is 10.2 Å². The fourth-order valence-electron chi connectivity index (χ4n) is 2.63. The summed E-state index contributed by atoms with van der Waals surface area (Å²) in [4.78, 5) is 15.2. The van der Waals surface area contributed by atoms with Gasteiger partial charge in [-0.1, -0.05) is 18.2 Å². The minimum Gasteiger partial charge on any atom is -0.333 e. The van der Waals surface area contributed by atoms with Crippen LogP contribution in [0.5, 0.6) is 0 Å². The van der Waals surface area contributed by atoms with Crippen LogP contribution in [0.3, 0.4) is 0 Å². The van der Waals surface area contributed by atoms with Gasteiger partial charge in [0, 0.05) is 18.0 Å². The zero-order valence-electron chi connectivity index (χ0n) is 13.0. The summed E-state index contributed by atoms with van der Waals surface area (Å²) < 4.78 is 13.0. The van der Waals surface area contributed by atoms with Gasteiger partial charge in [0.05, 0.1) is 6.54 Å². The summed E-state index contributed by atoms with van der Waals surface area (Å²) in [5, 5.41) is 5.01. The predicted octanol–water partition coefficient (Wildman–Crippen LogP) is 4.19. The quantitative estimate of drug-likeness (QED) is 0.899. The molecule has 3 rings (SSSR count). The molecule has 0 unspecified atom stereocenters. The van der Waals surface area contributed by atoms with Crippen molar-refractivity contribution < 1.29 is 9.18 Å². The summed E-state index contributed by atoms with van der Waals surface area (Å²) in [6, 6.07) is 8.54. The van der Waals surface area contributed by atoms with Gasteiger partial charge in [-0.25, -0.2) is 9.18 Å². The lowest BCUT2D eigenvalue weighted by molar-refractivity contribution is 0.202. The molecular weight excluding hydrogens is 311 g/mol. The number of nitrogens with one attached hydrogen (secondary N) is 1. The highest BCUT2D eigenvalue weighted by atomic mass is 32.1. The molecule has 2 amide bonds. The predicted molar refractivity (Wildman–Crippen MR) is 91.9 cm³/mol. The third-order valence-corrected chi connectivity index (χ3v) is 5.10. The molecule has 5 heteroatoms. The van der Waals surface area contributed by atoms with Gasteiger partial charge in [-0.2, -0.15) is 0 Å². The topological polar surface area (TPSA) is 32.3 Å². The number of carbonyl (C=O) groups excluding carboxylic acids is 1. The Kier molecular flexibility index (Phi) is 4.76. The monoisotopic (exact) mass is 330 g/mol. The van der Waals surface area contributed by atoms with Gasteiger partial charge in [0.25, 0.3) is 0 Å². The second-order valence-electron chi connectivity index (χ2n) is 5.62. The third kappa shape index (κ3) is 3.79. The van der Waals surface area contributed by atoms with E-state index < -0.39 is 0 Å². The Morgan fingerprint density at radius 1 is 1.30 bits per heavy atom. The molecule has 1 aromatic heterocycles. The largest absolute Gasteiger partial charge is 0.333 e. The van der Waals surface area contributed by atoms with E-state index >= 15 is 0 Å². The van der Waals surface area contributed by atoms with Crippen molar-refractivity contribution in [2.75, 3.05) is 13.1 Å². The standard InChI is InChI=1S/C18H19FN2OS/c1-13-8-11-23-17(13)12-20-18(22)21-9-6-15(7-10-21)14-2-4-16(19)5-3-14/h2-6,8,11H,7,9-10,12H2,1H3,(H,20,22). The highest BCUT2D eigenvalue weighted by molar-refractivity contribution is 7.10. The third-order valence-electron chi connectivity index (χ3n) is 4.08. The van der Waals surface area contributed by atoms with Crippen LogP contribution in [-0.2, 0) is 6.54 Å². The number of amides is 2. The molecule has 120 valence electrons. The van der Waals surface area contributed by atoms with E-state index in [1.54, 1.807) is 28.4 Å². The molecule has 0 bridgehead atoms. The van der Waals surface area contributed by atoms with E-state index in [1.165, 1.54) is 28.1 Å². The molecule has 0 saturated heterocycles. The van der Waals surface area contributed by atoms with Gasteiger partial charge < -0.3 is 10.2 Å². The van der Waals surface area contributed by atoms with Crippen LogP contribution in [0.15, 0.2) is 41.8 Å². The molecule has 0 fully saturated rings. The molecule has 1 aliphatic heterocycles. The Labute approximate surface area is 139 Å². The van der Waals surface area contributed by atoms with Crippen molar-refractivity contribution in [3.63, 3.8) is 0 Å². The van der Waals surface area contributed by atoms with Crippen LogP contribution in [0.2, 0.25) is 0 Å². The van der Waals surface area contributed by atoms with Crippen molar-refractivity contribution >= 4 is 22.9 Å². The van der Waals surface area contributed by atoms with Gasteiger partial charge in [-0.05, 0) is 53.6 Å². The average Bonchev–Trinajstić information content (AvgIpc) is 2.99. The van der Waals surface area contributed by atoms with Gasteiger partial charge >= 0.3 is 6.03 Å². The molecule has 0 saturated carbocycles. The van der Waals surface area contributed by atoms with E-state index in [1.807, 2.05) is 11.5 Å². The second kappa shape index (κ2) is 6.96. The first-order valence-corrected chi connectivity index (χ1v) is 8.52. The van der Waals surface area contributed by atoms with Gasteiger partial charge in [-0.15, -0.1) is 11.3 Å². The number of urea groups is 1. The van der Waals surface area contributed by atoms with E-state index in [0.717, 1.165) is 12.0 Å². The molecule has 1 aliphatic rings. The average molecular weight is 330 g/mol. The maximum Gasteiger partial charge on any atom is 0.317 e. The maximum absolute atomic E-state index is 13.0. The van der Waals surface area contributed by atoms with E-state index in [9.17, 15) is 9.18 Å². The Bertz CT molecular complexity index is 721. The smallest absolute Gasteiger partial charge is 0.317 e. The second-order valence-corrected chi connectivity index (χ2v) is 6.62. The summed E-state index contributed by atoms with van der Waals surface area (Å²) in [6.45, 7) is 3.89. The summed E-state index contributed by atoms with van der Waals surface area (Å²) in [7, 11) is 0. The van der Waals surface area contributed by atoms with Crippen LogP contribution in [-0.4, -0.2) is 24.0 Å². The molecule has 2 heterocycles. The zero-order valence-corrected chi connectivity index (χ0v) is 13.8. The lowest BCUT2D eigenvalue weighted by Crippen LogP contribution is -2.41. The van der Waals surface area contributed by atoms with Gasteiger partial charge in [0.15, 0.2) is 0 Å². The first kappa shape index (κ1) is 15.7. The lowest BCUT2D eigenvalue weighted by Gasteiger charge is -2.27. The van der Waals surface area contributed by atoms with Crippen molar-refractivity contribution in [1.29, 1.82) is 0 Å². The maximum atomic E-state index is 13.0. The number of rotatable bonds is 3. The Balaban J connectivity index is 1.56. The van der Waals surface area contributed by atoms with Crippen LogP contribution >= 0.6 is 11.3 Å². The molecule has 0 radical (unpaired) electrons. The fourth-order valence-corrected chi connectivity index (χ4v) is 3.48. The van der Waals surface area contributed by atoms with Crippen LogP contribution in [0.1, 0.15) is 22.4 Å². The van der Waals surface area contributed by atoms with Crippen LogP contribution in [0.4, 0.5) is 9.18 Å². The summed E-state index contributed by atoms with van der Waals surface area (Å²) in [5.41, 5.74) is 3.41. The number of halogens is 1. The van der Waals surface area contributed by atoms with Crippen LogP contribution in [0.25, 0.3) is 5.57 Å². The lowest BCUT2D eigenvalue weighted by atomic mass is 10.00. The molecule has 0 aliphatic carbocycles. The molecular formula is C18H19FN2OS. The Morgan fingerprint density at radius 2 is 2.09 bits per heavy atom. The normalized spacial score (nSPS) is 14.5. The molecule has 0 spiro atoms. The van der Waals surface area contributed by atoms with E-state index in [2.05, 4.69) is 18.3 Å². The van der Waals surface area contributed by atoms with Crippen molar-refractivity contribution in [3.05, 3.63) is 63.6 Å².